The third-order valence-electron chi connectivity index (χ3n) is 3.02. The van der Waals surface area contributed by atoms with E-state index in [1.54, 1.807) is 6.92 Å². The van der Waals surface area contributed by atoms with E-state index in [0.29, 0.717) is 18.7 Å². The molecule has 1 heterocycles. The average molecular weight is 290 g/mol. The van der Waals surface area contributed by atoms with E-state index in [1.165, 1.54) is 0 Å². The van der Waals surface area contributed by atoms with Crippen LogP contribution >= 0.6 is 0 Å². The molecule has 112 valence electrons. The summed E-state index contributed by atoms with van der Waals surface area (Å²) < 4.78 is 4.78. The molecule has 21 heavy (non-hydrogen) atoms. The fraction of sp³-hybridized carbons (Fsp3) is 0.400. The topological polar surface area (TPSA) is 77.0 Å². The van der Waals surface area contributed by atoms with E-state index in [4.69, 9.17) is 9.57 Å². The van der Waals surface area contributed by atoms with Gasteiger partial charge in [0.15, 0.2) is 6.10 Å². The second-order valence-electron chi connectivity index (χ2n) is 4.56. The van der Waals surface area contributed by atoms with Crippen LogP contribution in [-0.2, 0) is 19.2 Å². The Kier molecular flexibility index (Phi) is 5.31. The zero-order chi connectivity index (χ0) is 15.1. The molecule has 6 heteroatoms. The Hall–Kier alpha value is -2.37. The predicted molar refractivity (Wildman–Crippen MR) is 76.6 cm³/mol. The Morgan fingerprint density at radius 3 is 2.86 bits per heavy atom. The minimum absolute atomic E-state index is 0.149. The van der Waals surface area contributed by atoms with Crippen molar-refractivity contribution < 1.29 is 19.2 Å². The van der Waals surface area contributed by atoms with Crippen LogP contribution in [0.1, 0.15) is 31.4 Å². The van der Waals surface area contributed by atoms with Crippen LogP contribution in [0.2, 0.25) is 0 Å². The van der Waals surface area contributed by atoms with Crippen molar-refractivity contribution in [2.75, 3.05) is 13.2 Å². The molecule has 1 atom stereocenters. The molecule has 0 aliphatic carbocycles. The molecule has 0 aromatic heterocycles. The van der Waals surface area contributed by atoms with Crippen LogP contribution in [0.3, 0.4) is 0 Å². The molecule has 6 nitrogen and oxygen atoms in total. The molecule has 0 radical (unpaired) electrons. The highest BCUT2D eigenvalue weighted by Gasteiger charge is 2.27. The van der Waals surface area contributed by atoms with E-state index in [2.05, 4.69) is 10.5 Å². The first kappa shape index (κ1) is 15.0. The number of amides is 1. The second-order valence-corrected chi connectivity index (χ2v) is 4.56. The minimum Gasteiger partial charge on any atom is -0.466 e. The molecular formula is C15H18N2O4. The van der Waals surface area contributed by atoms with Gasteiger partial charge in [-0.15, -0.1) is 0 Å². The fourth-order valence-electron chi connectivity index (χ4n) is 1.97. The summed E-state index contributed by atoms with van der Waals surface area (Å²) in [7, 11) is 0. The van der Waals surface area contributed by atoms with Gasteiger partial charge in [0.1, 0.15) is 5.71 Å². The van der Waals surface area contributed by atoms with Crippen molar-refractivity contribution in [3.8, 4) is 0 Å². The molecule has 0 saturated carbocycles. The summed E-state index contributed by atoms with van der Waals surface area (Å²) in [5.74, 6) is -0.637. The summed E-state index contributed by atoms with van der Waals surface area (Å²) in [6.45, 7) is 2.31. The highest BCUT2D eigenvalue weighted by Crippen LogP contribution is 2.26. The maximum absolute atomic E-state index is 11.9. The lowest BCUT2D eigenvalue weighted by Gasteiger charge is -2.07. The van der Waals surface area contributed by atoms with Gasteiger partial charge in [-0.2, -0.15) is 0 Å². The molecule has 0 fully saturated rings. The monoisotopic (exact) mass is 290 g/mol. The number of carbonyl (C=O) groups excluding carboxylic acids is 2. The summed E-state index contributed by atoms with van der Waals surface area (Å²) in [6.07, 6.45) is 0.349. The first-order valence-electron chi connectivity index (χ1n) is 6.92. The van der Waals surface area contributed by atoms with E-state index >= 15 is 0 Å². The van der Waals surface area contributed by atoms with E-state index in [9.17, 15) is 9.59 Å². The number of carbonyl (C=O) groups is 2. The van der Waals surface area contributed by atoms with Crippen molar-refractivity contribution in [1.82, 2.24) is 5.32 Å². The molecule has 0 saturated heterocycles. The van der Waals surface area contributed by atoms with Gasteiger partial charge in [-0.25, -0.2) is 0 Å². The number of ether oxygens (including phenoxy) is 1. The summed E-state index contributed by atoms with van der Waals surface area (Å²) in [6, 6.07) is 9.61. The van der Waals surface area contributed by atoms with Crippen molar-refractivity contribution in [2.24, 2.45) is 5.16 Å². The molecule has 2 rings (SSSR count). The van der Waals surface area contributed by atoms with Gasteiger partial charge in [0, 0.05) is 13.0 Å². The largest absolute Gasteiger partial charge is 0.466 e. The Bertz CT molecular complexity index is 528. The zero-order valence-electron chi connectivity index (χ0n) is 11.9. The van der Waals surface area contributed by atoms with Gasteiger partial charge in [0.25, 0.3) is 5.91 Å². The molecule has 1 aromatic carbocycles. The third-order valence-corrected chi connectivity index (χ3v) is 3.02. The summed E-state index contributed by atoms with van der Waals surface area (Å²) in [4.78, 5) is 28.3. The number of benzene rings is 1. The van der Waals surface area contributed by atoms with E-state index in [-0.39, 0.29) is 30.9 Å². The first-order chi connectivity index (χ1) is 10.2. The summed E-state index contributed by atoms with van der Waals surface area (Å²) >= 11 is 0. The molecule has 1 amide bonds. The van der Waals surface area contributed by atoms with Gasteiger partial charge < -0.3 is 14.9 Å². The molecule has 1 N–H and O–H groups in total. The number of nitrogens with zero attached hydrogens (tertiary/aromatic N) is 1. The highest BCUT2D eigenvalue weighted by molar-refractivity contribution is 6.39. The van der Waals surface area contributed by atoms with Gasteiger partial charge in [0.2, 0.25) is 0 Å². The molecule has 0 bridgehead atoms. The maximum atomic E-state index is 11.9. The van der Waals surface area contributed by atoms with E-state index in [0.717, 1.165) is 5.56 Å². The standard InChI is InChI=1S/C15H18N2O4/c1-2-20-14(18)8-9-16-15(19)12-10-13(21-17-12)11-6-4-3-5-7-11/h3-7,13H,2,8-10H2,1H3,(H,16,19)/t13-/m0/s1. The van der Waals surface area contributed by atoms with Crippen molar-refractivity contribution in [2.45, 2.75) is 25.9 Å². The van der Waals surface area contributed by atoms with Crippen molar-refractivity contribution in [3.63, 3.8) is 0 Å². The minimum atomic E-state index is -0.329. The van der Waals surface area contributed by atoms with Crippen LogP contribution in [0.5, 0.6) is 0 Å². The smallest absolute Gasteiger partial charge is 0.307 e. The molecule has 1 aliphatic heterocycles. The van der Waals surface area contributed by atoms with Gasteiger partial charge in [-0.3, -0.25) is 9.59 Å². The Morgan fingerprint density at radius 2 is 2.14 bits per heavy atom. The molecule has 1 aromatic rings. The van der Waals surface area contributed by atoms with Gasteiger partial charge in [-0.05, 0) is 12.5 Å². The number of nitrogens with one attached hydrogen (secondary N) is 1. The third kappa shape index (κ3) is 4.30. The predicted octanol–water partition coefficient (Wildman–Crippen LogP) is 1.57. The lowest BCUT2D eigenvalue weighted by Crippen LogP contribution is -2.32. The van der Waals surface area contributed by atoms with Crippen LogP contribution in [-0.4, -0.2) is 30.7 Å². The quantitative estimate of drug-likeness (QED) is 0.807. The molecular weight excluding hydrogens is 272 g/mol. The Balaban J connectivity index is 1.76. The van der Waals surface area contributed by atoms with Crippen LogP contribution in [0.4, 0.5) is 0 Å². The second kappa shape index (κ2) is 7.42. The number of hydrogen-bond acceptors (Lipinski definition) is 5. The highest BCUT2D eigenvalue weighted by atomic mass is 16.6. The van der Waals surface area contributed by atoms with Gasteiger partial charge >= 0.3 is 5.97 Å². The number of hydrogen-bond donors (Lipinski definition) is 1. The lowest BCUT2D eigenvalue weighted by atomic mass is 10.0. The molecule has 0 spiro atoms. The van der Waals surface area contributed by atoms with E-state index < -0.39 is 0 Å². The lowest BCUT2D eigenvalue weighted by molar-refractivity contribution is -0.142. The van der Waals surface area contributed by atoms with Gasteiger partial charge in [0.05, 0.1) is 13.0 Å². The van der Waals surface area contributed by atoms with Crippen LogP contribution < -0.4 is 5.32 Å². The fourth-order valence-corrected chi connectivity index (χ4v) is 1.97. The van der Waals surface area contributed by atoms with Crippen LogP contribution in [0, 0.1) is 0 Å². The Morgan fingerprint density at radius 1 is 1.38 bits per heavy atom. The maximum Gasteiger partial charge on any atom is 0.307 e. The number of oxime groups is 1. The van der Waals surface area contributed by atoms with Crippen LogP contribution in [0.15, 0.2) is 35.5 Å². The van der Waals surface area contributed by atoms with Crippen molar-refractivity contribution >= 4 is 17.6 Å². The number of esters is 1. The van der Waals surface area contributed by atoms with Crippen molar-refractivity contribution in [1.29, 1.82) is 0 Å². The molecule has 1 aliphatic rings. The average Bonchev–Trinajstić information content (AvgIpc) is 2.98. The number of rotatable bonds is 6. The summed E-state index contributed by atoms with van der Waals surface area (Å²) in [5, 5.41) is 6.45. The SMILES string of the molecule is CCOC(=O)CCNC(=O)C1=NO[C@H](c2ccccc2)C1. The molecule has 0 unspecified atom stereocenters. The Labute approximate surface area is 123 Å². The van der Waals surface area contributed by atoms with Crippen LogP contribution in [0.25, 0.3) is 0 Å². The van der Waals surface area contributed by atoms with E-state index in [1.807, 2.05) is 30.3 Å². The van der Waals surface area contributed by atoms with Gasteiger partial charge in [-0.1, -0.05) is 35.5 Å². The normalized spacial score (nSPS) is 16.8. The zero-order valence-corrected chi connectivity index (χ0v) is 11.9. The summed E-state index contributed by atoms with van der Waals surface area (Å²) in [5.41, 5.74) is 1.32. The van der Waals surface area contributed by atoms with Crippen molar-refractivity contribution in [3.05, 3.63) is 35.9 Å². The first-order valence-corrected chi connectivity index (χ1v) is 6.92.